The third-order valence-electron chi connectivity index (χ3n) is 4.61. The first-order valence-corrected chi connectivity index (χ1v) is 6.97. The molecule has 1 heteroatoms. The summed E-state index contributed by atoms with van der Waals surface area (Å²) >= 11 is 0. The van der Waals surface area contributed by atoms with Crippen molar-refractivity contribution < 1.29 is 5.11 Å². The summed E-state index contributed by atoms with van der Waals surface area (Å²) in [6, 6.07) is 8.44. The summed E-state index contributed by atoms with van der Waals surface area (Å²) in [6.45, 7) is 2.11. The van der Waals surface area contributed by atoms with E-state index in [1.165, 1.54) is 31.2 Å². The molecule has 2 fully saturated rings. The molecular weight excluding hydrogens is 208 g/mol. The van der Waals surface area contributed by atoms with Crippen LogP contribution >= 0.6 is 0 Å². The van der Waals surface area contributed by atoms with Crippen molar-refractivity contribution in [3.63, 3.8) is 0 Å². The second-order valence-corrected chi connectivity index (χ2v) is 6.09. The quantitative estimate of drug-likeness (QED) is 0.819. The molecule has 2 unspecified atom stereocenters. The van der Waals surface area contributed by atoms with Crippen molar-refractivity contribution >= 4 is 0 Å². The van der Waals surface area contributed by atoms with E-state index in [4.69, 9.17) is 0 Å². The summed E-state index contributed by atoms with van der Waals surface area (Å²) in [7, 11) is 0. The maximum atomic E-state index is 10.9. The fraction of sp³-hybridized carbons (Fsp3) is 0.625. The number of hydrogen-bond donors (Lipinski definition) is 1. The van der Waals surface area contributed by atoms with Gasteiger partial charge in [0, 0.05) is 0 Å². The van der Waals surface area contributed by atoms with Gasteiger partial charge in [-0.2, -0.15) is 0 Å². The summed E-state index contributed by atoms with van der Waals surface area (Å²) in [5.74, 6) is 1.70. The minimum Gasteiger partial charge on any atom is -0.385 e. The van der Waals surface area contributed by atoms with Crippen molar-refractivity contribution in [3.8, 4) is 0 Å². The van der Waals surface area contributed by atoms with Crippen LogP contribution in [0.25, 0.3) is 0 Å². The summed E-state index contributed by atoms with van der Waals surface area (Å²) < 4.78 is 0. The zero-order valence-electron chi connectivity index (χ0n) is 10.7. The van der Waals surface area contributed by atoms with E-state index in [9.17, 15) is 5.11 Å². The molecule has 1 N–H and O–H groups in total. The van der Waals surface area contributed by atoms with Gasteiger partial charge >= 0.3 is 0 Å². The monoisotopic (exact) mass is 230 g/mol. The molecule has 2 saturated carbocycles. The molecule has 0 heterocycles. The zero-order chi connectivity index (χ0) is 11.9. The van der Waals surface area contributed by atoms with Crippen LogP contribution in [-0.2, 0) is 5.60 Å². The molecule has 0 amide bonds. The first-order valence-electron chi connectivity index (χ1n) is 6.97. The standard InChI is InChI=1S/C16H22O/c1-12-4-2-6-15(10-12)16(17)9-3-5-14(11-16)13-7-8-13/h2,4,6,10,13-14,17H,3,5,7-9,11H2,1H3. The molecule has 2 aliphatic carbocycles. The number of rotatable bonds is 2. The lowest BCUT2D eigenvalue weighted by Crippen LogP contribution is -2.33. The van der Waals surface area contributed by atoms with Crippen LogP contribution in [0.15, 0.2) is 24.3 Å². The van der Waals surface area contributed by atoms with Crippen LogP contribution < -0.4 is 0 Å². The van der Waals surface area contributed by atoms with Crippen LogP contribution in [0, 0.1) is 18.8 Å². The molecule has 1 nitrogen and oxygen atoms in total. The highest BCUT2D eigenvalue weighted by Crippen LogP contribution is 2.49. The van der Waals surface area contributed by atoms with Gasteiger partial charge < -0.3 is 5.11 Å². The summed E-state index contributed by atoms with van der Waals surface area (Å²) in [6.07, 6.45) is 7.24. The van der Waals surface area contributed by atoms with Crippen molar-refractivity contribution in [1.82, 2.24) is 0 Å². The molecule has 0 bridgehead atoms. The van der Waals surface area contributed by atoms with E-state index in [0.717, 1.165) is 30.2 Å². The molecule has 2 atom stereocenters. The Kier molecular flexibility index (Phi) is 2.74. The molecule has 1 aromatic carbocycles. The smallest absolute Gasteiger partial charge is 0.0899 e. The van der Waals surface area contributed by atoms with Gasteiger partial charge in [0.05, 0.1) is 5.60 Å². The fourth-order valence-corrected chi connectivity index (χ4v) is 3.46. The topological polar surface area (TPSA) is 20.2 Å². The van der Waals surface area contributed by atoms with Gasteiger partial charge in [-0.25, -0.2) is 0 Å². The van der Waals surface area contributed by atoms with Crippen LogP contribution in [0.4, 0.5) is 0 Å². The fourth-order valence-electron chi connectivity index (χ4n) is 3.46. The molecule has 0 saturated heterocycles. The summed E-state index contributed by atoms with van der Waals surface area (Å²) in [5, 5.41) is 10.9. The van der Waals surface area contributed by atoms with Crippen LogP contribution in [0.1, 0.15) is 49.7 Å². The van der Waals surface area contributed by atoms with E-state index < -0.39 is 5.60 Å². The zero-order valence-corrected chi connectivity index (χ0v) is 10.7. The average Bonchev–Trinajstić information content (AvgIpc) is 3.13. The molecule has 0 spiro atoms. The molecule has 0 aromatic heterocycles. The van der Waals surface area contributed by atoms with E-state index in [1.807, 2.05) is 0 Å². The van der Waals surface area contributed by atoms with Gasteiger partial charge in [0.15, 0.2) is 0 Å². The first kappa shape index (κ1) is 11.3. The third-order valence-corrected chi connectivity index (χ3v) is 4.61. The van der Waals surface area contributed by atoms with E-state index >= 15 is 0 Å². The first-order chi connectivity index (χ1) is 8.17. The van der Waals surface area contributed by atoms with Gasteiger partial charge in [-0.05, 0) is 62.8 Å². The Bertz CT molecular complexity index is 408. The number of hydrogen-bond acceptors (Lipinski definition) is 1. The third kappa shape index (κ3) is 2.26. The Morgan fingerprint density at radius 3 is 2.71 bits per heavy atom. The van der Waals surface area contributed by atoms with Crippen LogP contribution in [0.5, 0.6) is 0 Å². The lowest BCUT2D eigenvalue weighted by atomic mass is 9.72. The molecule has 17 heavy (non-hydrogen) atoms. The maximum absolute atomic E-state index is 10.9. The van der Waals surface area contributed by atoms with Crippen LogP contribution in [0.2, 0.25) is 0 Å². The predicted octanol–water partition coefficient (Wildman–Crippen LogP) is 3.78. The largest absolute Gasteiger partial charge is 0.385 e. The van der Waals surface area contributed by atoms with Crippen LogP contribution in [0.3, 0.4) is 0 Å². The van der Waals surface area contributed by atoms with Gasteiger partial charge in [-0.1, -0.05) is 29.8 Å². The van der Waals surface area contributed by atoms with Crippen molar-refractivity contribution in [1.29, 1.82) is 0 Å². The lowest BCUT2D eigenvalue weighted by molar-refractivity contribution is -0.0251. The van der Waals surface area contributed by atoms with Gasteiger partial charge in [0.1, 0.15) is 0 Å². The van der Waals surface area contributed by atoms with E-state index in [1.54, 1.807) is 0 Å². The Hall–Kier alpha value is -0.820. The second-order valence-electron chi connectivity index (χ2n) is 6.09. The minimum absolute atomic E-state index is 0.544. The normalized spacial score (nSPS) is 33.6. The number of aryl methyl sites for hydroxylation is 1. The van der Waals surface area contributed by atoms with Crippen molar-refractivity contribution in [3.05, 3.63) is 35.4 Å². The van der Waals surface area contributed by atoms with Crippen molar-refractivity contribution in [2.75, 3.05) is 0 Å². The molecule has 2 aliphatic rings. The van der Waals surface area contributed by atoms with E-state index in [2.05, 4.69) is 31.2 Å². The average molecular weight is 230 g/mol. The Balaban J connectivity index is 1.83. The minimum atomic E-state index is -0.544. The maximum Gasteiger partial charge on any atom is 0.0899 e. The lowest BCUT2D eigenvalue weighted by Gasteiger charge is -2.37. The highest BCUT2D eigenvalue weighted by Gasteiger charge is 2.41. The predicted molar refractivity (Wildman–Crippen MR) is 69.8 cm³/mol. The van der Waals surface area contributed by atoms with Gasteiger partial charge in [0.2, 0.25) is 0 Å². The van der Waals surface area contributed by atoms with Crippen LogP contribution in [-0.4, -0.2) is 5.11 Å². The van der Waals surface area contributed by atoms with Crippen molar-refractivity contribution in [2.45, 2.75) is 51.0 Å². The Labute approximate surface area is 104 Å². The summed E-state index contributed by atoms with van der Waals surface area (Å²) in [4.78, 5) is 0. The second kappa shape index (κ2) is 4.13. The van der Waals surface area contributed by atoms with Gasteiger partial charge in [0.25, 0.3) is 0 Å². The van der Waals surface area contributed by atoms with E-state index in [0.29, 0.717) is 0 Å². The van der Waals surface area contributed by atoms with Crippen molar-refractivity contribution in [2.24, 2.45) is 11.8 Å². The highest BCUT2D eigenvalue weighted by atomic mass is 16.3. The molecule has 0 aliphatic heterocycles. The molecule has 92 valence electrons. The van der Waals surface area contributed by atoms with Gasteiger partial charge in [-0.3, -0.25) is 0 Å². The molecule has 0 radical (unpaired) electrons. The van der Waals surface area contributed by atoms with Gasteiger partial charge in [-0.15, -0.1) is 0 Å². The number of benzene rings is 1. The SMILES string of the molecule is Cc1cccc(C2(O)CCCC(C3CC3)C2)c1. The molecule has 3 rings (SSSR count). The van der Waals surface area contributed by atoms with E-state index in [-0.39, 0.29) is 0 Å². The number of aliphatic hydroxyl groups is 1. The summed E-state index contributed by atoms with van der Waals surface area (Å²) in [5.41, 5.74) is 1.85. The molecule has 1 aromatic rings. The molecular formula is C16H22O. The Morgan fingerprint density at radius 2 is 2.00 bits per heavy atom. The highest BCUT2D eigenvalue weighted by molar-refractivity contribution is 5.28. The Morgan fingerprint density at radius 1 is 1.18 bits per heavy atom.